The average molecular weight is 346 g/mol. The molecule has 0 bridgehead atoms. The molecule has 0 aromatic heterocycles. The predicted octanol–water partition coefficient (Wildman–Crippen LogP) is 3.17. The molecule has 0 heterocycles. The van der Waals surface area contributed by atoms with E-state index in [4.69, 9.17) is 17.3 Å². The highest BCUT2D eigenvalue weighted by molar-refractivity contribution is 14.1. The molecular weight excluding hydrogens is 340 g/mol. The molecule has 60 valence electrons. The van der Waals surface area contributed by atoms with Gasteiger partial charge in [0, 0.05) is 19.6 Å². The molecule has 1 rings (SSSR count). The molecule has 0 saturated carbocycles. The Morgan fingerprint density at radius 3 is 2.64 bits per heavy atom. The summed E-state index contributed by atoms with van der Waals surface area (Å²) >= 11 is 11.5. The molecule has 4 heteroatoms. The fourth-order valence-electron chi connectivity index (χ4n) is 0.756. The second-order valence-electron chi connectivity index (χ2n) is 2.03. The summed E-state index contributed by atoms with van der Waals surface area (Å²) in [6.07, 6.45) is 0. The Balaban J connectivity index is 3.29. The maximum absolute atomic E-state index is 5.89. The van der Waals surface area contributed by atoms with Crippen molar-refractivity contribution in [3.63, 3.8) is 0 Å². The average Bonchev–Trinajstić information content (AvgIpc) is 1.99. The smallest absolute Gasteiger partial charge is 0.0462 e. The SMILES string of the molecule is NCc1c(Cl)ccc(I)c1Br. The van der Waals surface area contributed by atoms with Crippen molar-refractivity contribution in [3.05, 3.63) is 30.8 Å². The summed E-state index contributed by atoms with van der Waals surface area (Å²) in [5.74, 6) is 0. The first kappa shape index (κ1) is 9.77. The zero-order chi connectivity index (χ0) is 8.43. The van der Waals surface area contributed by atoms with Crippen molar-refractivity contribution in [2.45, 2.75) is 6.54 Å². The maximum atomic E-state index is 5.89. The number of rotatable bonds is 1. The van der Waals surface area contributed by atoms with Gasteiger partial charge in [0.1, 0.15) is 0 Å². The van der Waals surface area contributed by atoms with Crippen molar-refractivity contribution in [1.29, 1.82) is 0 Å². The van der Waals surface area contributed by atoms with Crippen LogP contribution in [-0.2, 0) is 6.54 Å². The summed E-state index contributed by atoms with van der Waals surface area (Å²) in [6.45, 7) is 0.469. The molecule has 11 heavy (non-hydrogen) atoms. The van der Waals surface area contributed by atoms with Crippen LogP contribution in [0, 0.1) is 3.57 Å². The lowest BCUT2D eigenvalue weighted by Crippen LogP contribution is -1.99. The van der Waals surface area contributed by atoms with E-state index in [1.54, 1.807) is 0 Å². The van der Waals surface area contributed by atoms with Crippen LogP contribution in [0.15, 0.2) is 16.6 Å². The Bertz CT molecular complexity index is 277. The second-order valence-corrected chi connectivity index (χ2v) is 4.39. The number of hydrogen-bond donors (Lipinski definition) is 1. The van der Waals surface area contributed by atoms with Crippen LogP contribution in [0.3, 0.4) is 0 Å². The van der Waals surface area contributed by atoms with Gasteiger partial charge >= 0.3 is 0 Å². The highest BCUT2D eigenvalue weighted by Gasteiger charge is 2.05. The molecular formula is C7H6BrClIN. The van der Waals surface area contributed by atoms with Crippen LogP contribution in [0.5, 0.6) is 0 Å². The van der Waals surface area contributed by atoms with Gasteiger partial charge in [0.15, 0.2) is 0 Å². The minimum atomic E-state index is 0.469. The first-order valence-corrected chi connectivity index (χ1v) is 5.24. The van der Waals surface area contributed by atoms with E-state index in [2.05, 4.69) is 38.5 Å². The van der Waals surface area contributed by atoms with Gasteiger partial charge < -0.3 is 5.73 Å². The van der Waals surface area contributed by atoms with E-state index in [0.717, 1.165) is 18.6 Å². The molecule has 0 aliphatic heterocycles. The third-order valence-electron chi connectivity index (χ3n) is 1.34. The lowest BCUT2D eigenvalue weighted by atomic mass is 10.2. The van der Waals surface area contributed by atoms with Gasteiger partial charge in [-0.05, 0) is 56.2 Å². The standard InChI is InChI=1S/C7H6BrClIN/c8-7-4(3-11)5(9)1-2-6(7)10/h1-2H,3,11H2. The summed E-state index contributed by atoms with van der Waals surface area (Å²) in [5, 5.41) is 0.722. The highest BCUT2D eigenvalue weighted by Crippen LogP contribution is 2.28. The minimum Gasteiger partial charge on any atom is -0.326 e. The normalized spacial score (nSPS) is 10.2. The van der Waals surface area contributed by atoms with Gasteiger partial charge in [-0.15, -0.1) is 0 Å². The number of nitrogens with two attached hydrogens (primary N) is 1. The summed E-state index contributed by atoms with van der Waals surface area (Å²) in [7, 11) is 0. The first-order valence-electron chi connectivity index (χ1n) is 2.99. The summed E-state index contributed by atoms with van der Waals surface area (Å²) in [5.41, 5.74) is 6.47. The van der Waals surface area contributed by atoms with Crippen molar-refractivity contribution < 1.29 is 0 Å². The van der Waals surface area contributed by atoms with Crippen molar-refractivity contribution in [3.8, 4) is 0 Å². The zero-order valence-corrected chi connectivity index (χ0v) is 10.1. The zero-order valence-electron chi connectivity index (χ0n) is 5.57. The largest absolute Gasteiger partial charge is 0.326 e. The van der Waals surface area contributed by atoms with Gasteiger partial charge in [0.2, 0.25) is 0 Å². The molecule has 2 N–H and O–H groups in total. The van der Waals surface area contributed by atoms with Crippen LogP contribution in [0.25, 0.3) is 0 Å². The van der Waals surface area contributed by atoms with E-state index in [1.165, 1.54) is 0 Å². The van der Waals surface area contributed by atoms with Crippen molar-refractivity contribution >= 4 is 50.1 Å². The Morgan fingerprint density at radius 1 is 1.55 bits per heavy atom. The monoisotopic (exact) mass is 345 g/mol. The fourth-order valence-corrected chi connectivity index (χ4v) is 2.12. The van der Waals surface area contributed by atoms with Crippen molar-refractivity contribution in [2.24, 2.45) is 5.73 Å². The Morgan fingerprint density at radius 2 is 2.18 bits per heavy atom. The lowest BCUT2D eigenvalue weighted by Gasteiger charge is -2.05. The summed E-state index contributed by atoms with van der Waals surface area (Å²) < 4.78 is 2.14. The molecule has 0 atom stereocenters. The van der Waals surface area contributed by atoms with Crippen LogP contribution >= 0.6 is 50.1 Å². The van der Waals surface area contributed by atoms with E-state index in [1.807, 2.05) is 12.1 Å². The van der Waals surface area contributed by atoms with Gasteiger partial charge in [-0.25, -0.2) is 0 Å². The third-order valence-corrected chi connectivity index (χ3v) is 4.24. The molecule has 1 nitrogen and oxygen atoms in total. The van der Waals surface area contributed by atoms with Crippen LogP contribution < -0.4 is 5.73 Å². The van der Waals surface area contributed by atoms with Gasteiger partial charge in [-0.2, -0.15) is 0 Å². The Labute approximate surface area is 92.6 Å². The predicted molar refractivity (Wildman–Crippen MR) is 59.8 cm³/mol. The molecule has 1 aromatic carbocycles. The molecule has 0 aliphatic rings. The van der Waals surface area contributed by atoms with E-state index in [-0.39, 0.29) is 0 Å². The van der Waals surface area contributed by atoms with Gasteiger partial charge in [-0.1, -0.05) is 11.6 Å². The lowest BCUT2D eigenvalue weighted by molar-refractivity contribution is 1.06. The first-order chi connectivity index (χ1) is 5.16. The Kier molecular flexibility index (Phi) is 3.61. The van der Waals surface area contributed by atoms with Crippen molar-refractivity contribution in [2.75, 3.05) is 0 Å². The minimum absolute atomic E-state index is 0.469. The number of halogens is 3. The third kappa shape index (κ3) is 2.08. The van der Waals surface area contributed by atoms with E-state index < -0.39 is 0 Å². The Hall–Kier alpha value is 0.680. The molecule has 0 unspecified atom stereocenters. The number of benzene rings is 1. The number of hydrogen-bond acceptors (Lipinski definition) is 1. The molecule has 0 spiro atoms. The van der Waals surface area contributed by atoms with Gasteiger partial charge in [0.25, 0.3) is 0 Å². The second kappa shape index (κ2) is 4.07. The molecule has 0 amide bonds. The van der Waals surface area contributed by atoms with Gasteiger partial charge in [-0.3, -0.25) is 0 Å². The molecule has 0 radical (unpaired) electrons. The summed E-state index contributed by atoms with van der Waals surface area (Å²) in [4.78, 5) is 0. The molecule has 0 saturated heterocycles. The highest BCUT2D eigenvalue weighted by atomic mass is 127. The topological polar surface area (TPSA) is 26.0 Å². The van der Waals surface area contributed by atoms with Crippen molar-refractivity contribution in [1.82, 2.24) is 0 Å². The van der Waals surface area contributed by atoms with Crippen LogP contribution in [0.4, 0.5) is 0 Å². The van der Waals surface area contributed by atoms with Crippen LogP contribution in [0.1, 0.15) is 5.56 Å². The molecule has 0 fully saturated rings. The van der Waals surface area contributed by atoms with E-state index in [9.17, 15) is 0 Å². The van der Waals surface area contributed by atoms with Crippen LogP contribution in [0.2, 0.25) is 5.02 Å². The summed E-state index contributed by atoms with van der Waals surface area (Å²) in [6, 6.07) is 3.81. The maximum Gasteiger partial charge on any atom is 0.0462 e. The van der Waals surface area contributed by atoms with E-state index in [0.29, 0.717) is 6.54 Å². The van der Waals surface area contributed by atoms with Gasteiger partial charge in [0.05, 0.1) is 0 Å². The molecule has 0 aliphatic carbocycles. The fraction of sp³-hybridized carbons (Fsp3) is 0.143. The van der Waals surface area contributed by atoms with Crippen LogP contribution in [-0.4, -0.2) is 0 Å². The quantitative estimate of drug-likeness (QED) is 0.613. The van der Waals surface area contributed by atoms with E-state index >= 15 is 0 Å². The molecule has 1 aromatic rings.